The maximum Gasteiger partial charge on any atom is 0.306 e. The van der Waals surface area contributed by atoms with Gasteiger partial charge in [-0.15, -0.1) is 0 Å². The van der Waals surface area contributed by atoms with E-state index in [1.54, 1.807) is 44.2 Å². The van der Waals surface area contributed by atoms with Crippen LogP contribution in [-0.4, -0.2) is 59.2 Å². The van der Waals surface area contributed by atoms with Crippen LogP contribution in [0.5, 0.6) is 5.75 Å². The summed E-state index contributed by atoms with van der Waals surface area (Å²) in [4.78, 5) is 11.6. The van der Waals surface area contributed by atoms with Crippen LogP contribution in [0.2, 0.25) is 0 Å². The molecule has 0 spiro atoms. The van der Waals surface area contributed by atoms with Crippen LogP contribution >= 0.6 is 0 Å². The minimum absolute atomic E-state index is 0.0212. The number of benzene rings is 1. The lowest BCUT2D eigenvalue weighted by Crippen LogP contribution is -2.26. The fraction of sp³-hybridized carbons (Fsp3) is 0.640. The molecule has 1 saturated carbocycles. The van der Waals surface area contributed by atoms with Crippen molar-refractivity contribution in [2.75, 3.05) is 6.61 Å². The number of alkyl halides is 2. The molecular formula is C25H34F2O6. The molecule has 0 bridgehead atoms. The Morgan fingerprint density at radius 2 is 1.94 bits per heavy atom. The molecule has 1 aliphatic heterocycles. The number of halogens is 2. The quantitative estimate of drug-likeness (QED) is 0.275. The summed E-state index contributed by atoms with van der Waals surface area (Å²) in [6.07, 6.45) is 2.40. The summed E-state index contributed by atoms with van der Waals surface area (Å²) in [5, 5.41) is 20.7. The third kappa shape index (κ3) is 8.05. The van der Waals surface area contributed by atoms with E-state index in [0.29, 0.717) is 31.4 Å². The molecule has 1 aromatic rings. The van der Waals surface area contributed by atoms with E-state index < -0.39 is 30.7 Å². The third-order valence-corrected chi connectivity index (χ3v) is 6.08. The molecule has 1 aromatic carbocycles. The van der Waals surface area contributed by atoms with Crippen molar-refractivity contribution in [1.82, 2.24) is 0 Å². The molecule has 1 heterocycles. The van der Waals surface area contributed by atoms with E-state index in [9.17, 15) is 23.8 Å². The zero-order chi connectivity index (χ0) is 24.0. The van der Waals surface area contributed by atoms with Crippen LogP contribution < -0.4 is 4.74 Å². The average Bonchev–Trinajstić information content (AvgIpc) is 3.43. The first-order valence-electron chi connectivity index (χ1n) is 11.6. The van der Waals surface area contributed by atoms with Crippen LogP contribution in [0.3, 0.4) is 0 Å². The molecule has 3 rings (SSSR count). The Balaban J connectivity index is 1.47. The smallest absolute Gasteiger partial charge is 0.306 e. The van der Waals surface area contributed by atoms with E-state index in [-0.39, 0.29) is 36.6 Å². The van der Waals surface area contributed by atoms with E-state index in [4.69, 9.17) is 14.2 Å². The highest BCUT2D eigenvalue weighted by atomic mass is 19.3. The first kappa shape index (κ1) is 25.6. The van der Waals surface area contributed by atoms with Crippen LogP contribution in [0.25, 0.3) is 0 Å². The highest BCUT2D eigenvalue weighted by molar-refractivity contribution is 5.69. The van der Waals surface area contributed by atoms with Gasteiger partial charge in [0, 0.05) is 18.8 Å². The second kappa shape index (κ2) is 11.4. The first-order valence-corrected chi connectivity index (χ1v) is 11.6. The van der Waals surface area contributed by atoms with Crippen LogP contribution in [-0.2, 0) is 14.3 Å². The molecule has 2 fully saturated rings. The second-order valence-electron chi connectivity index (χ2n) is 9.21. The van der Waals surface area contributed by atoms with Crippen molar-refractivity contribution in [2.24, 2.45) is 11.8 Å². The summed E-state index contributed by atoms with van der Waals surface area (Å²) in [7, 11) is 0. The molecule has 0 radical (unpaired) electrons. The van der Waals surface area contributed by atoms with Gasteiger partial charge in [0.15, 0.2) is 6.61 Å². The molecule has 2 aliphatic rings. The van der Waals surface area contributed by atoms with Gasteiger partial charge in [-0.2, -0.15) is 8.78 Å². The van der Waals surface area contributed by atoms with Gasteiger partial charge >= 0.3 is 5.97 Å². The van der Waals surface area contributed by atoms with Gasteiger partial charge in [-0.05, 0) is 57.2 Å². The van der Waals surface area contributed by atoms with Gasteiger partial charge in [0.25, 0.3) is 5.92 Å². The van der Waals surface area contributed by atoms with Gasteiger partial charge in [-0.1, -0.05) is 24.3 Å². The molecule has 0 aromatic heterocycles. The largest absolute Gasteiger partial charge is 0.487 e. The SMILES string of the molecule is CC(C)OC(=O)CCC[C@@H]1O[C@@H]1C[C@@H]1[C@@H](/C=C/C(F)(F)COc2ccccc2)[C@H](O)C[C@@H]1O. The summed E-state index contributed by atoms with van der Waals surface area (Å²) in [6, 6.07) is 8.38. The lowest BCUT2D eigenvalue weighted by Gasteiger charge is -2.21. The lowest BCUT2D eigenvalue weighted by molar-refractivity contribution is -0.147. The molecule has 6 atom stereocenters. The molecule has 2 N–H and O–H groups in total. The molecular weight excluding hydrogens is 434 g/mol. The minimum atomic E-state index is -3.21. The maximum absolute atomic E-state index is 14.3. The number of aliphatic hydroxyl groups is 2. The molecule has 0 amide bonds. The first-order chi connectivity index (χ1) is 15.6. The normalized spacial score (nSPS) is 29.5. The monoisotopic (exact) mass is 468 g/mol. The zero-order valence-corrected chi connectivity index (χ0v) is 19.1. The Hall–Kier alpha value is -2.03. The van der Waals surface area contributed by atoms with E-state index in [1.807, 2.05) is 0 Å². The van der Waals surface area contributed by atoms with Crippen molar-refractivity contribution < 1.29 is 38.0 Å². The summed E-state index contributed by atoms with van der Waals surface area (Å²) in [6.45, 7) is 2.79. The molecule has 6 nitrogen and oxygen atoms in total. The Bertz CT molecular complexity index is 784. The lowest BCUT2D eigenvalue weighted by atomic mass is 9.88. The average molecular weight is 469 g/mol. The van der Waals surface area contributed by atoms with Gasteiger partial charge in [-0.25, -0.2) is 0 Å². The number of rotatable bonds is 12. The van der Waals surface area contributed by atoms with Gasteiger partial charge in [0.05, 0.1) is 30.5 Å². The van der Waals surface area contributed by atoms with E-state index in [0.717, 1.165) is 6.08 Å². The van der Waals surface area contributed by atoms with Crippen molar-refractivity contribution in [2.45, 2.75) is 82.4 Å². The number of carbonyl (C=O) groups excluding carboxylic acids is 1. The standard InChI is InChI=1S/C25H34F2O6/c1-16(2)32-24(30)10-6-9-22-23(33-22)13-19-18(20(28)14-21(19)29)11-12-25(26,27)15-31-17-7-4-3-5-8-17/h3-5,7-8,11-12,16,18-23,28-29H,6,9-10,13-15H2,1-2H3/b12-11+/t18-,19-,20-,21+,22+,23-/m1/s1. The Labute approximate surface area is 193 Å². The van der Waals surface area contributed by atoms with Crippen LogP contribution in [0, 0.1) is 11.8 Å². The summed E-state index contributed by atoms with van der Waals surface area (Å²) in [5.41, 5.74) is 0. The van der Waals surface area contributed by atoms with E-state index in [1.165, 1.54) is 6.08 Å². The predicted octanol–water partition coefficient (Wildman–Crippen LogP) is 3.89. The highest BCUT2D eigenvalue weighted by Crippen LogP contribution is 2.42. The van der Waals surface area contributed by atoms with E-state index in [2.05, 4.69) is 0 Å². The maximum atomic E-state index is 14.3. The third-order valence-electron chi connectivity index (χ3n) is 6.08. The second-order valence-corrected chi connectivity index (χ2v) is 9.21. The van der Waals surface area contributed by atoms with Gasteiger partial charge in [0.2, 0.25) is 0 Å². The number of hydrogen-bond donors (Lipinski definition) is 2. The Kier molecular flexibility index (Phi) is 8.84. The van der Waals surface area contributed by atoms with Crippen molar-refractivity contribution in [3.05, 3.63) is 42.5 Å². The number of epoxide rings is 1. The number of hydrogen-bond acceptors (Lipinski definition) is 6. The molecule has 8 heteroatoms. The number of esters is 1. The van der Waals surface area contributed by atoms with Gasteiger partial charge < -0.3 is 24.4 Å². The van der Waals surface area contributed by atoms with E-state index >= 15 is 0 Å². The van der Waals surface area contributed by atoms with Crippen LogP contribution in [0.1, 0.15) is 46.0 Å². The fourth-order valence-electron chi connectivity index (χ4n) is 4.38. The topological polar surface area (TPSA) is 88.5 Å². The van der Waals surface area contributed by atoms with Gasteiger partial charge in [-0.3, -0.25) is 4.79 Å². The Morgan fingerprint density at radius 1 is 1.21 bits per heavy atom. The van der Waals surface area contributed by atoms with Crippen molar-refractivity contribution in [3.63, 3.8) is 0 Å². The Morgan fingerprint density at radius 3 is 2.64 bits per heavy atom. The molecule has 1 saturated heterocycles. The van der Waals surface area contributed by atoms with Crippen LogP contribution in [0.15, 0.2) is 42.5 Å². The predicted molar refractivity (Wildman–Crippen MR) is 118 cm³/mol. The molecule has 0 unspecified atom stereocenters. The molecule has 184 valence electrons. The van der Waals surface area contributed by atoms with Gasteiger partial charge in [0.1, 0.15) is 5.75 Å². The van der Waals surface area contributed by atoms with Crippen molar-refractivity contribution in [3.8, 4) is 5.75 Å². The number of aliphatic hydroxyl groups excluding tert-OH is 2. The number of carbonyl (C=O) groups is 1. The summed E-state index contributed by atoms with van der Waals surface area (Å²) < 4.78 is 44.6. The fourth-order valence-corrected chi connectivity index (χ4v) is 4.38. The highest BCUT2D eigenvalue weighted by Gasteiger charge is 2.47. The number of para-hydroxylation sites is 1. The van der Waals surface area contributed by atoms with Crippen LogP contribution in [0.4, 0.5) is 8.78 Å². The number of ether oxygens (including phenoxy) is 3. The minimum Gasteiger partial charge on any atom is -0.487 e. The van der Waals surface area contributed by atoms with Crippen molar-refractivity contribution in [1.29, 1.82) is 0 Å². The summed E-state index contributed by atoms with van der Waals surface area (Å²) >= 11 is 0. The molecule has 1 aliphatic carbocycles. The van der Waals surface area contributed by atoms with Crippen molar-refractivity contribution >= 4 is 5.97 Å². The molecule has 33 heavy (non-hydrogen) atoms. The summed E-state index contributed by atoms with van der Waals surface area (Å²) in [5.74, 6) is -4.05. The zero-order valence-electron chi connectivity index (χ0n) is 19.1.